The zero-order valence-electron chi connectivity index (χ0n) is 30.0. The van der Waals surface area contributed by atoms with Crippen molar-refractivity contribution < 1.29 is 37.7 Å². The van der Waals surface area contributed by atoms with Crippen LogP contribution >= 0.6 is 0 Å². The molecule has 0 aliphatic carbocycles. The van der Waals surface area contributed by atoms with E-state index in [0.29, 0.717) is 11.5 Å². The lowest BCUT2D eigenvalue weighted by atomic mass is 9.77. The molecular weight excluding hydrogens is 687 g/mol. The van der Waals surface area contributed by atoms with Gasteiger partial charge < -0.3 is 29.0 Å². The maximum Gasteiger partial charge on any atom is 0.351 e. The van der Waals surface area contributed by atoms with Crippen molar-refractivity contribution in [2.24, 2.45) is 5.11 Å². The normalized spacial score (nSPS) is 20.9. The fourth-order valence-corrected chi connectivity index (χ4v) is 6.48. The number of carbonyl (C=O) groups excluding carboxylic acids is 2. The number of nitrogens with zero attached hydrogens (tertiary/aromatic N) is 5. The summed E-state index contributed by atoms with van der Waals surface area (Å²) >= 11 is 0. The number of aromatic nitrogens is 2. The van der Waals surface area contributed by atoms with Gasteiger partial charge in [0.15, 0.2) is 23.6 Å². The molecule has 1 aliphatic heterocycles. The highest BCUT2D eigenvalue weighted by molar-refractivity contribution is 5.70. The first-order valence-electron chi connectivity index (χ1n) is 16.9. The van der Waals surface area contributed by atoms with E-state index in [1.165, 1.54) is 19.2 Å². The number of alkyl halides is 1. The van der Waals surface area contributed by atoms with Gasteiger partial charge in [0.05, 0.1) is 20.8 Å². The van der Waals surface area contributed by atoms with E-state index in [4.69, 9.17) is 29.2 Å². The third-order valence-corrected chi connectivity index (χ3v) is 9.18. The zero-order valence-corrected chi connectivity index (χ0v) is 30.0. The lowest BCUT2D eigenvalue weighted by Gasteiger charge is -2.37. The van der Waals surface area contributed by atoms with Gasteiger partial charge in [-0.25, -0.2) is 9.18 Å². The van der Waals surface area contributed by atoms with E-state index in [9.17, 15) is 14.4 Å². The van der Waals surface area contributed by atoms with Crippen LogP contribution < -0.4 is 20.5 Å². The van der Waals surface area contributed by atoms with Gasteiger partial charge in [-0.1, -0.05) is 73.6 Å². The third-order valence-electron chi connectivity index (χ3n) is 9.18. The summed E-state index contributed by atoms with van der Waals surface area (Å²) in [6.07, 6.45) is -2.32. The minimum absolute atomic E-state index is 0.0112. The molecule has 15 heteroatoms. The molecule has 0 unspecified atom stereocenters. The highest BCUT2D eigenvalue weighted by atomic mass is 19.1. The number of rotatable bonds is 15. The molecule has 2 heterocycles. The number of hydrogen-bond acceptors (Lipinski definition) is 11. The van der Waals surface area contributed by atoms with Gasteiger partial charge in [-0.05, 0) is 59.5 Å². The number of hydrogen-bond donors (Lipinski definition) is 1. The van der Waals surface area contributed by atoms with Gasteiger partial charge in [0.25, 0.3) is 0 Å². The van der Waals surface area contributed by atoms with Crippen LogP contribution in [-0.4, -0.2) is 66.2 Å². The molecule has 53 heavy (non-hydrogen) atoms. The minimum Gasteiger partial charge on any atom is -0.497 e. The maximum atomic E-state index is 17.1. The van der Waals surface area contributed by atoms with Crippen molar-refractivity contribution >= 4 is 17.8 Å². The van der Waals surface area contributed by atoms with Crippen molar-refractivity contribution in [1.29, 1.82) is 0 Å². The van der Waals surface area contributed by atoms with E-state index in [1.807, 2.05) is 78.9 Å². The van der Waals surface area contributed by atoms with E-state index >= 15 is 4.39 Å². The molecular formula is C38H41FN6O8. The van der Waals surface area contributed by atoms with Gasteiger partial charge >= 0.3 is 17.6 Å². The van der Waals surface area contributed by atoms with Crippen LogP contribution in [0.4, 0.5) is 10.2 Å². The Morgan fingerprint density at radius 1 is 0.943 bits per heavy atom. The number of esters is 2. The fraction of sp³-hybridized carbons (Fsp3) is 0.368. The first kappa shape index (κ1) is 38.3. The lowest BCUT2D eigenvalue weighted by molar-refractivity contribution is -0.176. The van der Waals surface area contributed by atoms with Crippen molar-refractivity contribution in [2.45, 2.75) is 62.8 Å². The Morgan fingerprint density at radius 3 is 2.02 bits per heavy atom. The molecule has 0 radical (unpaired) electrons. The number of ether oxygens (including phenoxy) is 5. The Kier molecular flexibility index (Phi) is 11.7. The van der Waals surface area contributed by atoms with Crippen molar-refractivity contribution in [3.05, 3.63) is 129 Å². The largest absolute Gasteiger partial charge is 0.497 e. The smallest absolute Gasteiger partial charge is 0.351 e. The van der Waals surface area contributed by atoms with Gasteiger partial charge in [-0.3, -0.25) is 14.2 Å². The van der Waals surface area contributed by atoms with Crippen LogP contribution in [0.2, 0.25) is 0 Å². The number of carbonyl (C=O) groups is 2. The van der Waals surface area contributed by atoms with Crippen molar-refractivity contribution in [3.63, 3.8) is 0 Å². The quantitative estimate of drug-likeness (QED) is 0.0484. The summed E-state index contributed by atoms with van der Waals surface area (Å²) in [7, 11) is 3.15. The Bertz CT molecular complexity index is 1950. The van der Waals surface area contributed by atoms with E-state index in [2.05, 4.69) is 20.3 Å². The van der Waals surface area contributed by atoms with Crippen LogP contribution in [-0.2, 0) is 29.3 Å². The van der Waals surface area contributed by atoms with E-state index in [1.54, 1.807) is 21.1 Å². The van der Waals surface area contributed by atoms with Crippen LogP contribution in [0.25, 0.3) is 10.4 Å². The summed E-state index contributed by atoms with van der Waals surface area (Å²) in [5.74, 6) is -0.0220. The second-order valence-corrected chi connectivity index (χ2v) is 12.5. The molecule has 4 aromatic rings. The van der Waals surface area contributed by atoms with Gasteiger partial charge in [-0.2, -0.15) is 4.98 Å². The second-order valence-electron chi connectivity index (χ2n) is 12.5. The summed E-state index contributed by atoms with van der Waals surface area (Å²) < 4.78 is 45.9. The topological polar surface area (TPSA) is 176 Å². The average molecular weight is 729 g/mol. The van der Waals surface area contributed by atoms with Crippen LogP contribution in [0.15, 0.2) is 101 Å². The zero-order chi connectivity index (χ0) is 38.2. The van der Waals surface area contributed by atoms with E-state index in [-0.39, 0.29) is 18.7 Å². The summed E-state index contributed by atoms with van der Waals surface area (Å²) in [5, 5.41) is 7.07. The summed E-state index contributed by atoms with van der Waals surface area (Å²) in [6.45, 7) is 2.97. The first-order chi connectivity index (χ1) is 25.5. The van der Waals surface area contributed by atoms with Crippen molar-refractivity contribution in [1.82, 2.24) is 9.55 Å². The van der Waals surface area contributed by atoms with Gasteiger partial charge in [0.2, 0.25) is 0 Å². The van der Waals surface area contributed by atoms with Gasteiger partial charge in [-0.15, -0.1) is 0 Å². The minimum atomic E-state index is -2.60. The number of methoxy groups -OCH3 is 2. The molecule has 1 N–H and O–H groups in total. The number of azide groups is 1. The Balaban J connectivity index is 1.63. The predicted octanol–water partition coefficient (Wildman–Crippen LogP) is 6.25. The predicted molar refractivity (Wildman–Crippen MR) is 192 cm³/mol. The molecule has 0 amide bonds. The summed E-state index contributed by atoms with van der Waals surface area (Å²) in [6, 6.07) is 26.0. The highest BCUT2D eigenvalue weighted by Crippen LogP contribution is 2.49. The van der Waals surface area contributed by atoms with Gasteiger partial charge in [0.1, 0.15) is 29.5 Å². The molecule has 0 bridgehead atoms. The Morgan fingerprint density at radius 2 is 1.51 bits per heavy atom. The van der Waals surface area contributed by atoms with Crippen LogP contribution in [0.5, 0.6) is 11.5 Å². The number of benzene rings is 3. The van der Waals surface area contributed by atoms with Crippen LogP contribution in [0, 0.1) is 0 Å². The monoisotopic (exact) mass is 728 g/mol. The Hall–Kier alpha value is -5.92. The molecule has 1 aliphatic rings. The number of anilines is 1. The fourth-order valence-electron chi connectivity index (χ4n) is 6.48. The van der Waals surface area contributed by atoms with E-state index in [0.717, 1.165) is 28.2 Å². The van der Waals surface area contributed by atoms with Crippen molar-refractivity contribution in [3.8, 4) is 11.5 Å². The standard InChI is InChI=1S/C38H41FN6O8/c1-6-31(46)51-24-37(23-41-44-40)33(52-32(47)7-2)36(3,39)34(53-37)45-22-21-30(42-35(45)48)43-38(25-11-9-8-10-12-25,26-13-17-28(49-4)18-14-26)27-15-19-29(50-5)20-16-27/h8-22,33-34H,6-7,23-24H2,1-5H3,(H,42,43,48)/t33-,34+,36+,37+/m0/s1. The summed E-state index contributed by atoms with van der Waals surface area (Å²) in [5.41, 5.74) is 4.91. The molecule has 3 aromatic carbocycles. The number of halogens is 1. The van der Waals surface area contributed by atoms with Crippen LogP contribution in [0.1, 0.15) is 56.5 Å². The average Bonchev–Trinajstić information content (AvgIpc) is 3.40. The molecule has 1 fully saturated rings. The highest BCUT2D eigenvalue weighted by Gasteiger charge is 2.66. The summed E-state index contributed by atoms with van der Waals surface area (Å²) in [4.78, 5) is 45.8. The molecule has 14 nitrogen and oxygen atoms in total. The molecule has 4 atom stereocenters. The lowest BCUT2D eigenvalue weighted by Crippen LogP contribution is -2.54. The molecule has 0 spiro atoms. The second kappa shape index (κ2) is 16.2. The van der Waals surface area contributed by atoms with Crippen LogP contribution in [0.3, 0.4) is 0 Å². The maximum absolute atomic E-state index is 17.1. The molecule has 5 rings (SSSR count). The molecule has 278 valence electrons. The number of nitrogens with one attached hydrogen (secondary N) is 1. The van der Waals surface area contributed by atoms with E-state index < -0.39 is 59.9 Å². The molecule has 1 aromatic heterocycles. The SMILES string of the molecule is CCC(=O)OC[C@@]1(CN=[N+]=[N-])O[C@@H](n2ccc(NC(c3ccccc3)(c3ccc(OC)cc3)c3ccc(OC)cc3)nc2=O)[C@](C)(F)[C@@H]1OC(=O)CC. The Labute approximate surface area is 305 Å². The molecule has 1 saturated heterocycles. The van der Waals surface area contributed by atoms with Gasteiger partial charge in [0, 0.05) is 24.0 Å². The first-order valence-corrected chi connectivity index (χ1v) is 16.9. The van der Waals surface area contributed by atoms with Crippen molar-refractivity contribution in [2.75, 3.05) is 32.7 Å². The molecule has 0 saturated carbocycles. The third kappa shape index (κ3) is 7.66.